The van der Waals surface area contributed by atoms with E-state index < -0.39 is 0 Å². The molecule has 4 heteroatoms. The molecule has 0 saturated carbocycles. The summed E-state index contributed by atoms with van der Waals surface area (Å²) in [5.74, 6) is 1.02. The molecule has 0 aliphatic carbocycles. The molecule has 1 aromatic carbocycles. The number of rotatable bonds is 3. The number of carbonyl (C=O) groups excluding carboxylic acids is 1. The van der Waals surface area contributed by atoms with Gasteiger partial charge in [-0.15, -0.1) is 0 Å². The Hall–Kier alpha value is -1.03. The van der Waals surface area contributed by atoms with Gasteiger partial charge in [0.25, 0.3) is 0 Å². The van der Waals surface area contributed by atoms with Crippen LogP contribution in [0.2, 0.25) is 0 Å². The first-order chi connectivity index (χ1) is 8.69. The smallest absolute Gasteiger partial charge is 0.226 e. The fourth-order valence-electron chi connectivity index (χ4n) is 2.17. The maximum absolute atomic E-state index is 12.1. The van der Waals surface area contributed by atoms with Crippen molar-refractivity contribution < 1.29 is 9.53 Å². The van der Waals surface area contributed by atoms with Gasteiger partial charge in [0.1, 0.15) is 5.75 Å². The Morgan fingerprint density at radius 2 is 2.17 bits per heavy atom. The average molecular weight is 312 g/mol. The van der Waals surface area contributed by atoms with Crippen LogP contribution in [0.1, 0.15) is 18.4 Å². The highest BCUT2D eigenvalue weighted by atomic mass is 79.9. The normalized spacial score (nSPS) is 16.7. The number of carbonyl (C=O) groups is 1. The third-order valence-electron chi connectivity index (χ3n) is 3.27. The Bertz CT molecular complexity index is 414. The molecule has 1 heterocycles. The SMILES string of the molecule is COc1cccc(CC(=O)N2CCC(Br)CC2)c1. The lowest BCUT2D eigenvalue weighted by molar-refractivity contribution is -0.131. The number of halogens is 1. The van der Waals surface area contributed by atoms with Crippen LogP contribution in [0.5, 0.6) is 5.75 Å². The fraction of sp³-hybridized carbons (Fsp3) is 0.500. The van der Waals surface area contributed by atoms with Gasteiger partial charge in [-0.2, -0.15) is 0 Å². The fourth-order valence-corrected chi connectivity index (χ4v) is 2.58. The molecule has 18 heavy (non-hydrogen) atoms. The van der Waals surface area contributed by atoms with Crippen molar-refractivity contribution in [2.75, 3.05) is 20.2 Å². The van der Waals surface area contributed by atoms with Crippen LogP contribution in [0.4, 0.5) is 0 Å². The molecule has 0 spiro atoms. The summed E-state index contributed by atoms with van der Waals surface area (Å²) in [7, 11) is 1.64. The van der Waals surface area contributed by atoms with Gasteiger partial charge in [-0.1, -0.05) is 28.1 Å². The van der Waals surface area contributed by atoms with Gasteiger partial charge in [-0.25, -0.2) is 0 Å². The van der Waals surface area contributed by atoms with Crippen LogP contribution in [0, 0.1) is 0 Å². The topological polar surface area (TPSA) is 29.5 Å². The van der Waals surface area contributed by atoms with Crippen molar-refractivity contribution in [2.45, 2.75) is 24.1 Å². The summed E-state index contributed by atoms with van der Waals surface area (Å²) in [5, 5.41) is 0. The number of nitrogens with zero attached hydrogens (tertiary/aromatic N) is 1. The van der Waals surface area contributed by atoms with Crippen LogP contribution in [0.25, 0.3) is 0 Å². The molecule has 1 aromatic rings. The number of likely N-dealkylation sites (tertiary alicyclic amines) is 1. The van der Waals surface area contributed by atoms with E-state index >= 15 is 0 Å². The average Bonchev–Trinajstić information content (AvgIpc) is 2.39. The van der Waals surface area contributed by atoms with E-state index in [2.05, 4.69) is 15.9 Å². The Labute approximate surface area is 116 Å². The third kappa shape index (κ3) is 3.48. The molecule has 0 unspecified atom stereocenters. The molecule has 3 nitrogen and oxygen atoms in total. The van der Waals surface area contributed by atoms with Crippen molar-refractivity contribution in [3.8, 4) is 5.75 Å². The van der Waals surface area contributed by atoms with Crippen LogP contribution < -0.4 is 4.74 Å². The highest BCUT2D eigenvalue weighted by molar-refractivity contribution is 9.09. The lowest BCUT2D eigenvalue weighted by Gasteiger charge is -2.29. The Morgan fingerprint density at radius 1 is 1.44 bits per heavy atom. The van der Waals surface area contributed by atoms with Crippen molar-refractivity contribution >= 4 is 21.8 Å². The number of alkyl halides is 1. The lowest BCUT2D eigenvalue weighted by Crippen LogP contribution is -2.39. The maximum atomic E-state index is 12.1. The third-order valence-corrected chi connectivity index (χ3v) is 4.18. The molecule has 2 rings (SSSR count). The number of hydrogen-bond acceptors (Lipinski definition) is 2. The molecular weight excluding hydrogens is 294 g/mol. The van der Waals surface area contributed by atoms with Crippen molar-refractivity contribution in [1.82, 2.24) is 4.90 Å². The number of hydrogen-bond donors (Lipinski definition) is 0. The van der Waals surface area contributed by atoms with E-state index in [1.807, 2.05) is 29.2 Å². The highest BCUT2D eigenvalue weighted by Crippen LogP contribution is 2.19. The minimum absolute atomic E-state index is 0.211. The van der Waals surface area contributed by atoms with E-state index in [-0.39, 0.29) is 5.91 Å². The van der Waals surface area contributed by atoms with Gasteiger partial charge in [0.05, 0.1) is 13.5 Å². The summed E-state index contributed by atoms with van der Waals surface area (Å²) in [6, 6.07) is 7.71. The van der Waals surface area contributed by atoms with E-state index in [0.29, 0.717) is 11.2 Å². The Kier molecular flexibility index (Phi) is 4.64. The lowest BCUT2D eigenvalue weighted by atomic mass is 10.1. The van der Waals surface area contributed by atoms with E-state index in [9.17, 15) is 4.79 Å². The van der Waals surface area contributed by atoms with Gasteiger partial charge in [0.2, 0.25) is 5.91 Å². The molecule has 1 saturated heterocycles. The zero-order chi connectivity index (χ0) is 13.0. The van der Waals surface area contributed by atoms with E-state index in [1.165, 1.54) is 0 Å². The molecule has 0 radical (unpaired) electrons. The molecule has 0 atom stereocenters. The molecular formula is C14H18BrNO2. The molecule has 0 aromatic heterocycles. The first-order valence-electron chi connectivity index (χ1n) is 6.24. The second-order valence-electron chi connectivity index (χ2n) is 4.58. The van der Waals surface area contributed by atoms with E-state index in [0.717, 1.165) is 37.2 Å². The largest absolute Gasteiger partial charge is 0.497 e. The van der Waals surface area contributed by atoms with Crippen LogP contribution in [-0.4, -0.2) is 35.8 Å². The van der Waals surface area contributed by atoms with Crippen molar-refractivity contribution in [3.63, 3.8) is 0 Å². The highest BCUT2D eigenvalue weighted by Gasteiger charge is 2.21. The summed E-state index contributed by atoms with van der Waals surface area (Å²) in [4.78, 5) is 14.7. The molecule has 1 aliphatic heterocycles. The zero-order valence-electron chi connectivity index (χ0n) is 10.6. The summed E-state index contributed by atoms with van der Waals surface area (Å²) in [5.41, 5.74) is 1.01. The van der Waals surface area contributed by atoms with Crippen molar-refractivity contribution in [3.05, 3.63) is 29.8 Å². The van der Waals surface area contributed by atoms with Gasteiger partial charge in [0, 0.05) is 17.9 Å². The van der Waals surface area contributed by atoms with Crippen LogP contribution in [0.15, 0.2) is 24.3 Å². The van der Waals surface area contributed by atoms with Gasteiger partial charge in [-0.05, 0) is 30.5 Å². The van der Waals surface area contributed by atoms with E-state index in [1.54, 1.807) is 7.11 Å². The second kappa shape index (κ2) is 6.23. The first-order valence-corrected chi connectivity index (χ1v) is 7.15. The molecule has 0 N–H and O–H groups in total. The van der Waals surface area contributed by atoms with Gasteiger partial charge < -0.3 is 9.64 Å². The standard InChI is InChI=1S/C14H18BrNO2/c1-18-13-4-2-3-11(9-13)10-14(17)16-7-5-12(15)6-8-16/h2-4,9,12H,5-8,10H2,1H3. The van der Waals surface area contributed by atoms with Gasteiger partial charge >= 0.3 is 0 Å². The summed E-state index contributed by atoms with van der Waals surface area (Å²) < 4.78 is 5.16. The number of methoxy groups -OCH3 is 1. The van der Waals surface area contributed by atoms with Crippen molar-refractivity contribution in [1.29, 1.82) is 0 Å². The summed E-state index contributed by atoms with van der Waals surface area (Å²) in [6.07, 6.45) is 2.55. The zero-order valence-corrected chi connectivity index (χ0v) is 12.1. The number of ether oxygens (including phenoxy) is 1. The molecule has 98 valence electrons. The summed E-state index contributed by atoms with van der Waals surface area (Å²) in [6.45, 7) is 1.72. The minimum Gasteiger partial charge on any atom is -0.497 e. The second-order valence-corrected chi connectivity index (χ2v) is 5.88. The molecule has 1 amide bonds. The summed E-state index contributed by atoms with van der Waals surface area (Å²) >= 11 is 3.60. The monoisotopic (exact) mass is 311 g/mol. The van der Waals surface area contributed by atoms with Crippen LogP contribution in [0.3, 0.4) is 0 Å². The first kappa shape index (κ1) is 13.4. The van der Waals surface area contributed by atoms with E-state index in [4.69, 9.17) is 4.74 Å². The number of amides is 1. The predicted octanol–water partition coefficient (Wildman–Crippen LogP) is 2.62. The molecule has 0 bridgehead atoms. The number of piperidine rings is 1. The number of benzene rings is 1. The van der Waals surface area contributed by atoms with Gasteiger partial charge in [-0.3, -0.25) is 4.79 Å². The maximum Gasteiger partial charge on any atom is 0.226 e. The Morgan fingerprint density at radius 3 is 2.83 bits per heavy atom. The van der Waals surface area contributed by atoms with Crippen LogP contribution in [-0.2, 0) is 11.2 Å². The minimum atomic E-state index is 0.211. The molecule has 1 fully saturated rings. The quantitative estimate of drug-likeness (QED) is 0.803. The van der Waals surface area contributed by atoms with Crippen LogP contribution >= 0.6 is 15.9 Å². The Balaban J connectivity index is 1.94. The molecule has 1 aliphatic rings. The van der Waals surface area contributed by atoms with Gasteiger partial charge in [0.15, 0.2) is 0 Å². The predicted molar refractivity (Wildman–Crippen MR) is 75.2 cm³/mol. The van der Waals surface area contributed by atoms with Crippen molar-refractivity contribution in [2.24, 2.45) is 0 Å².